The van der Waals surface area contributed by atoms with E-state index in [1.165, 1.54) is 18.3 Å². The van der Waals surface area contributed by atoms with Gasteiger partial charge in [-0.25, -0.2) is 9.97 Å². The molecule has 0 saturated carbocycles. The third-order valence-corrected chi connectivity index (χ3v) is 4.15. The number of alkyl halides is 3. The first-order valence-electron chi connectivity index (χ1n) is 8.05. The molecule has 136 valence electrons. The van der Waals surface area contributed by atoms with Crippen LogP contribution in [0, 0.1) is 6.92 Å². The molecule has 1 aromatic carbocycles. The van der Waals surface area contributed by atoms with Gasteiger partial charge in [-0.05, 0) is 31.5 Å². The summed E-state index contributed by atoms with van der Waals surface area (Å²) in [7, 11) is 1.73. The molecule has 0 bridgehead atoms. The van der Waals surface area contributed by atoms with E-state index in [1.807, 2.05) is 0 Å². The van der Waals surface area contributed by atoms with Gasteiger partial charge in [0.15, 0.2) is 5.82 Å². The van der Waals surface area contributed by atoms with Crippen LogP contribution in [0.3, 0.4) is 0 Å². The minimum absolute atomic E-state index is 0.0446. The Bertz CT molecular complexity index is 847. The summed E-state index contributed by atoms with van der Waals surface area (Å²) in [5.41, 5.74) is 1.00. The van der Waals surface area contributed by atoms with Gasteiger partial charge in [-0.3, -0.25) is 9.79 Å². The van der Waals surface area contributed by atoms with Gasteiger partial charge in [0.2, 0.25) is 5.91 Å². The summed E-state index contributed by atoms with van der Waals surface area (Å²) in [5.74, 6) is 0.277. The van der Waals surface area contributed by atoms with Gasteiger partial charge in [-0.1, -0.05) is 12.1 Å². The molecule has 0 aliphatic carbocycles. The summed E-state index contributed by atoms with van der Waals surface area (Å²) < 4.78 is 38.1. The van der Waals surface area contributed by atoms with Crippen molar-refractivity contribution in [2.45, 2.75) is 25.6 Å². The zero-order chi connectivity index (χ0) is 18.9. The van der Waals surface area contributed by atoms with Crippen LogP contribution in [0.25, 0.3) is 11.3 Å². The van der Waals surface area contributed by atoms with Crippen molar-refractivity contribution in [1.29, 1.82) is 0 Å². The number of aryl methyl sites for hydroxylation is 1. The van der Waals surface area contributed by atoms with Gasteiger partial charge in [-0.2, -0.15) is 13.2 Å². The molecule has 3 rings (SSSR count). The molecule has 0 radical (unpaired) electrons. The average molecular weight is 362 g/mol. The van der Waals surface area contributed by atoms with Crippen molar-refractivity contribution in [3.63, 3.8) is 0 Å². The maximum absolute atomic E-state index is 12.7. The largest absolute Gasteiger partial charge is 0.416 e. The van der Waals surface area contributed by atoms with E-state index in [0.29, 0.717) is 35.7 Å². The van der Waals surface area contributed by atoms with Crippen molar-refractivity contribution in [2.24, 2.45) is 4.99 Å². The van der Waals surface area contributed by atoms with Crippen LogP contribution in [0.4, 0.5) is 13.2 Å². The van der Waals surface area contributed by atoms with Crippen LogP contribution < -0.4 is 0 Å². The molecular weight excluding hydrogens is 345 g/mol. The summed E-state index contributed by atoms with van der Waals surface area (Å²) in [6.07, 6.45) is -2.29. The second-order valence-electron chi connectivity index (χ2n) is 6.17. The highest BCUT2D eigenvalue weighted by atomic mass is 19.4. The van der Waals surface area contributed by atoms with Crippen molar-refractivity contribution in [2.75, 3.05) is 13.6 Å². The summed E-state index contributed by atoms with van der Waals surface area (Å²) in [6.45, 7) is 2.42. The molecule has 0 N–H and O–H groups in total. The average Bonchev–Trinajstić information content (AvgIpc) is 2.91. The SMILES string of the molecule is Cc1cc(-c2ccc(C(F)(F)F)cc2)nc(C=NC2CCN(C)C2=O)n1. The Kier molecular flexibility index (Phi) is 4.76. The number of nitrogens with zero attached hydrogens (tertiary/aromatic N) is 4. The molecule has 1 unspecified atom stereocenters. The fourth-order valence-electron chi connectivity index (χ4n) is 2.73. The van der Waals surface area contributed by atoms with E-state index >= 15 is 0 Å². The number of carbonyl (C=O) groups is 1. The van der Waals surface area contributed by atoms with Crippen LogP contribution in [0.5, 0.6) is 0 Å². The number of aliphatic imine (C=N–C) groups is 1. The number of carbonyl (C=O) groups excluding carboxylic acids is 1. The van der Waals surface area contributed by atoms with Crippen LogP contribution in [0.15, 0.2) is 35.3 Å². The van der Waals surface area contributed by atoms with E-state index in [0.717, 1.165) is 12.1 Å². The highest BCUT2D eigenvalue weighted by molar-refractivity contribution is 5.87. The van der Waals surface area contributed by atoms with E-state index in [9.17, 15) is 18.0 Å². The van der Waals surface area contributed by atoms with Crippen molar-refractivity contribution < 1.29 is 18.0 Å². The van der Waals surface area contributed by atoms with Gasteiger partial charge in [0, 0.05) is 24.8 Å². The number of halogens is 3. The number of likely N-dealkylation sites (N-methyl/N-ethyl adjacent to an activating group) is 1. The molecule has 1 amide bonds. The van der Waals surface area contributed by atoms with Crippen molar-refractivity contribution in [3.8, 4) is 11.3 Å². The Hall–Kier alpha value is -2.77. The normalized spacial score (nSPS) is 18.1. The predicted molar refractivity (Wildman–Crippen MR) is 90.8 cm³/mol. The molecule has 1 saturated heterocycles. The lowest BCUT2D eigenvalue weighted by Crippen LogP contribution is -2.24. The lowest BCUT2D eigenvalue weighted by Gasteiger charge is -2.08. The predicted octanol–water partition coefficient (Wildman–Crippen LogP) is 3.12. The summed E-state index contributed by atoms with van der Waals surface area (Å²) >= 11 is 0. The lowest BCUT2D eigenvalue weighted by atomic mass is 10.1. The van der Waals surface area contributed by atoms with E-state index in [4.69, 9.17) is 0 Å². The molecule has 1 aliphatic rings. The van der Waals surface area contributed by atoms with Gasteiger partial charge >= 0.3 is 6.18 Å². The Morgan fingerprint density at radius 2 is 1.92 bits per heavy atom. The first-order chi connectivity index (χ1) is 12.2. The number of amides is 1. The molecule has 5 nitrogen and oxygen atoms in total. The maximum atomic E-state index is 12.7. The van der Waals surface area contributed by atoms with Gasteiger partial charge < -0.3 is 4.90 Å². The molecule has 26 heavy (non-hydrogen) atoms. The molecule has 1 fully saturated rings. The molecular formula is C18H17F3N4O. The van der Waals surface area contributed by atoms with Gasteiger partial charge in [0.05, 0.1) is 17.5 Å². The van der Waals surface area contributed by atoms with Crippen LogP contribution >= 0.6 is 0 Å². The molecule has 0 spiro atoms. The summed E-state index contributed by atoms with van der Waals surface area (Å²) in [6, 6.07) is 6.05. The number of aromatic nitrogens is 2. The van der Waals surface area contributed by atoms with E-state index in [2.05, 4.69) is 15.0 Å². The van der Waals surface area contributed by atoms with E-state index < -0.39 is 17.8 Å². The summed E-state index contributed by atoms with van der Waals surface area (Å²) in [4.78, 5) is 26.3. The monoisotopic (exact) mass is 362 g/mol. The lowest BCUT2D eigenvalue weighted by molar-refractivity contribution is -0.137. The zero-order valence-electron chi connectivity index (χ0n) is 14.3. The third-order valence-electron chi connectivity index (χ3n) is 4.15. The molecule has 2 heterocycles. The Labute approximate surface area is 148 Å². The highest BCUT2D eigenvalue weighted by Crippen LogP contribution is 2.30. The quantitative estimate of drug-likeness (QED) is 0.789. The van der Waals surface area contributed by atoms with E-state index in [-0.39, 0.29) is 5.91 Å². The highest BCUT2D eigenvalue weighted by Gasteiger charge is 2.30. The molecule has 1 aromatic heterocycles. The maximum Gasteiger partial charge on any atom is 0.416 e. The van der Waals surface area contributed by atoms with Crippen LogP contribution in [-0.4, -0.2) is 46.6 Å². The fourth-order valence-corrected chi connectivity index (χ4v) is 2.73. The zero-order valence-corrected chi connectivity index (χ0v) is 14.3. The van der Waals surface area contributed by atoms with E-state index in [1.54, 1.807) is 24.9 Å². The molecule has 2 aromatic rings. The van der Waals surface area contributed by atoms with Crippen molar-refractivity contribution in [3.05, 3.63) is 47.4 Å². The van der Waals surface area contributed by atoms with Gasteiger partial charge in [0.25, 0.3) is 0 Å². The smallest absolute Gasteiger partial charge is 0.344 e. The first kappa shape index (κ1) is 18.0. The number of rotatable bonds is 3. The number of benzene rings is 1. The van der Waals surface area contributed by atoms with Gasteiger partial charge in [-0.15, -0.1) is 0 Å². The Balaban J connectivity index is 1.85. The second kappa shape index (κ2) is 6.86. The Morgan fingerprint density at radius 3 is 2.50 bits per heavy atom. The molecule has 1 atom stereocenters. The van der Waals surface area contributed by atoms with Crippen molar-refractivity contribution >= 4 is 12.1 Å². The molecule has 8 heteroatoms. The number of hydrogen-bond donors (Lipinski definition) is 0. The first-order valence-corrected chi connectivity index (χ1v) is 8.05. The summed E-state index contributed by atoms with van der Waals surface area (Å²) in [5, 5.41) is 0. The van der Waals surface area contributed by atoms with Crippen LogP contribution in [0.1, 0.15) is 23.5 Å². The minimum Gasteiger partial charge on any atom is -0.344 e. The minimum atomic E-state index is -4.38. The Morgan fingerprint density at radius 1 is 1.23 bits per heavy atom. The van der Waals surface area contributed by atoms with Crippen LogP contribution in [0.2, 0.25) is 0 Å². The number of hydrogen-bond acceptors (Lipinski definition) is 4. The molecule has 1 aliphatic heterocycles. The van der Waals surface area contributed by atoms with Crippen molar-refractivity contribution in [1.82, 2.24) is 14.9 Å². The fraction of sp³-hybridized carbons (Fsp3) is 0.333. The topological polar surface area (TPSA) is 58.5 Å². The third kappa shape index (κ3) is 3.89. The second-order valence-corrected chi connectivity index (χ2v) is 6.17. The van der Waals surface area contributed by atoms with Gasteiger partial charge in [0.1, 0.15) is 6.04 Å². The number of likely N-dealkylation sites (tertiary alicyclic amines) is 1. The standard InChI is InChI=1S/C18H17F3N4O/c1-11-9-15(12-3-5-13(6-4-12)18(19,20)21)24-16(23-11)10-22-14-7-8-25(2)17(14)26/h3-6,9-10,14H,7-8H2,1-2H3. The van der Waals surface area contributed by atoms with Crippen LogP contribution in [-0.2, 0) is 11.0 Å².